The van der Waals surface area contributed by atoms with E-state index in [1.165, 1.54) is 13.0 Å². The molecule has 0 atom stereocenters. The monoisotopic (exact) mass is 321 g/mol. The molecule has 0 aromatic heterocycles. The van der Waals surface area contributed by atoms with Crippen molar-refractivity contribution in [1.82, 2.24) is 5.32 Å². The summed E-state index contributed by atoms with van der Waals surface area (Å²) in [7, 11) is -3.90. The van der Waals surface area contributed by atoms with Gasteiger partial charge in [0.25, 0.3) is 10.1 Å². The number of nitrogens with one attached hydrogen (secondary N) is 1. The van der Waals surface area contributed by atoms with Crippen molar-refractivity contribution in [1.29, 1.82) is 0 Å². The Morgan fingerprint density at radius 1 is 1.19 bits per heavy atom. The van der Waals surface area contributed by atoms with E-state index in [2.05, 4.69) is 25.1 Å². The molecule has 0 aromatic carbocycles. The van der Waals surface area contributed by atoms with Crippen LogP contribution in [0.15, 0.2) is 36.8 Å². The van der Waals surface area contributed by atoms with E-state index in [4.69, 9.17) is 9.66 Å². The van der Waals surface area contributed by atoms with Gasteiger partial charge in [-0.1, -0.05) is 19.7 Å². The summed E-state index contributed by atoms with van der Waals surface area (Å²) in [6.07, 6.45) is 1.27. The van der Waals surface area contributed by atoms with E-state index in [-0.39, 0.29) is 17.0 Å². The molecule has 0 bridgehead atoms. The predicted molar refractivity (Wildman–Crippen MR) is 82.3 cm³/mol. The SMILES string of the molecule is C=C(C)C(=O)O.C=CC(=O)NC(C)(C)C.C=CS(=O)(=O)O. The van der Waals surface area contributed by atoms with Gasteiger partial charge in [0.1, 0.15) is 0 Å². The lowest BCUT2D eigenvalue weighted by Gasteiger charge is -2.18. The number of rotatable bonds is 3. The second kappa shape index (κ2) is 10.8. The smallest absolute Gasteiger partial charge is 0.330 e. The summed E-state index contributed by atoms with van der Waals surface area (Å²) in [6.45, 7) is 16.5. The van der Waals surface area contributed by atoms with E-state index in [1.54, 1.807) is 0 Å². The summed E-state index contributed by atoms with van der Waals surface area (Å²) in [5.74, 6) is -1.06. The second-order valence-electron chi connectivity index (χ2n) is 4.71. The molecular formula is C13H23NO6S. The molecule has 0 fully saturated rings. The van der Waals surface area contributed by atoms with Crippen molar-refractivity contribution in [3.05, 3.63) is 36.8 Å². The molecule has 0 unspecified atom stereocenters. The van der Waals surface area contributed by atoms with Gasteiger partial charge in [0.15, 0.2) is 0 Å². The number of carbonyl (C=O) groups excluding carboxylic acids is 1. The summed E-state index contributed by atoms with van der Waals surface area (Å²) in [5, 5.41) is 11.1. The highest BCUT2D eigenvalue weighted by molar-refractivity contribution is 7.88. The summed E-state index contributed by atoms with van der Waals surface area (Å²) in [5.41, 5.74) is 0.0284. The van der Waals surface area contributed by atoms with Crippen molar-refractivity contribution in [3.8, 4) is 0 Å². The van der Waals surface area contributed by atoms with Gasteiger partial charge >= 0.3 is 5.97 Å². The minimum absolute atomic E-state index is 0.123. The first-order valence-corrected chi connectivity index (χ1v) is 7.10. The molecule has 0 rings (SSSR count). The van der Waals surface area contributed by atoms with Gasteiger partial charge in [-0.15, -0.1) is 0 Å². The maximum Gasteiger partial charge on any atom is 0.330 e. The number of hydrogen-bond acceptors (Lipinski definition) is 4. The highest BCUT2D eigenvalue weighted by Gasteiger charge is 2.10. The molecule has 0 saturated carbocycles. The molecule has 7 nitrogen and oxygen atoms in total. The van der Waals surface area contributed by atoms with Gasteiger partial charge in [-0.2, -0.15) is 8.42 Å². The molecule has 3 N–H and O–H groups in total. The Morgan fingerprint density at radius 3 is 1.52 bits per heavy atom. The Labute approximate surface area is 125 Å². The first-order chi connectivity index (χ1) is 9.16. The molecular weight excluding hydrogens is 298 g/mol. The molecule has 0 heterocycles. The molecule has 0 radical (unpaired) electrons. The summed E-state index contributed by atoms with van der Waals surface area (Å²) in [4.78, 5) is 20.2. The molecule has 21 heavy (non-hydrogen) atoms. The molecule has 0 spiro atoms. The van der Waals surface area contributed by atoms with Crippen LogP contribution >= 0.6 is 0 Å². The van der Waals surface area contributed by atoms with Crippen LogP contribution in [0.2, 0.25) is 0 Å². The van der Waals surface area contributed by atoms with Crippen LogP contribution < -0.4 is 5.32 Å². The van der Waals surface area contributed by atoms with Crippen molar-refractivity contribution in [2.24, 2.45) is 0 Å². The molecule has 0 saturated heterocycles. The summed E-state index contributed by atoms with van der Waals surface area (Å²) < 4.78 is 26.6. The lowest BCUT2D eigenvalue weighted by molar-refractivity contribution is -0.132. The van der Waals surface area contributed by atoms with E-state index in [1.807, 2.05) is 20.8 Å². The normalized spacial score (nSPS) is 9.76. The van der Waals surface area contributed by atoms with Crippen molar-refractivity contribution >= 4 is 22.0 Å². The first-order valence-electron chi connectivity index (χ1n) is 5.59. The van der Waals surface area contributed by atoms with Gasteiger partial charge in [0.2, 0.25) is 5.91 Å². The van der Waals surface area contributed by atoms with Gasteiger partial charge in [-0.3, -0.25) is 9.35 Å². The topological polar surface area (TPSA) is 121 Å². The Balaban J connectivity index is -0.000000240. The van der Waals surface area contributed by atoms with Crippen LogP contribution in [0.4, 0.5) is 0 Å². The van der Waals surface area contributed by atoms with Gasteiger partial charge in [-0.25, -0.2) is 4.79 Å². The maximum atomic E-state index is 10.6. The number of carboxylic acid groups (broad SMARTS) is 1. The van der Waals surface area contributed by atoms with Gasteiger partial charge < -0.3 is 10.4 Å². The Morgan fingerprint density at radius 2 is 1.48 bits per heavy atom. The number of hydrogen-bond donors (Lipinski definition) is 3. The van der Waals surface area contributed by atoms with Crippen LogP contribution in [-0.4, -0.2) is 35.5 Å². The Kier molecular flexibility index (Phi) is 12.4. The average molecular weight is 321 g/mol. The average Bonchev–Trinajstić information content (AvgIpc) is 2.27. The third-order valence-corrected chi connectivity index (χ3v) is 1.68. The Hall–Kier alpha value is -1.93. The third kappa shape index (κ3) is 32.0. The summed E-state index contributed by atoms with van der Waals surface area (Å²) >= 11 is 0. The third-order valence-electron chi connectivity index (χ3n) is 1.26. The van der Waals surface area contributed by atoms with Crippen LogP contribution in [0.25, 0.3) is 0 Å². The van der Waals surface area contributed by atoms with Crippen molar-refractivity contribution < 1.29 is 27.7 Å². The van der Waals surface area contributed by atoms with E-state index in [0.717, 1.165) is 0 Å². The lowest BCUT2D eigenvalue weighted by atomic mass is 10.1. The zero-order chi connectivity index (χ0) is 17.9. The fourth-order valence-electron chi connectivity index (χ4n) is 0.421. The quantitative estimate of drug-likeness (QED) is 0.538. The van der Waals surface area contributed by atoms with Crippen LogP contribution in [0, 0.1) is 0 Å². The lowest BCUT2D eigenvalue weighted by Crippen LogP contribution is -2.39. The first kappa shape index (κ1) is 24.1. The molecule has 1 amide bonds. The molecule has 0 aliphatic carbocycles. The van der Waals surface area contributed by atoms with Crippen LogP contribution in [0.3, 0.4) is 0 Å². The molecule has 0 aromatic rings. The standard InChI is InChI=1S/C7H13NO.C4H6O2.C2H4O3S/c1-5-6(9)8-7(2,3)4;1-3(2)4(5)6;1-2-6(3,4)5/h5H,1H2,2-4H3,(H,8,9);1H2,2H3,(H,5,6);2H,1H2,(H,3,4,5). The Bertz CT molecular complexity index is 462. The van der Waals surface area contributed by atoms with Gasteiger partial charge in [-0.05, 0) is 33.8 Å². The number of aliphatic carboxylic acids is 1. The highest BCUT2D eigenvalue weighted by Crippen LogP contribution is 1.97. The zero-order valence-electron chi connectivity index (χ0n) is 12.7. The zero-order valence-corrected chi connectivity index (χ0v) is 13.5. The van der Waals surface area contributed by atoms with Crippen molar-refractivity contribution in [3.63, 3.8) is 0 Å². The van der Waals surface area contributed by atoms with E-state index in [0.29, 0.717) is 5.41 Å². The fraction of sp³-hybridized carbons (Fsp3) is 0.385. The number of carboxylic acids is 1. The van der Waals surface area contributed by atoms with Crippen LogP contribution in [0.1, 0.15) is 27.7 Å². The van der Waals surface area contributed by atoms with E-state index >= 15 is 0 Å². The molecule has 0 aliphatic rings. The molecule has 0 aliphatic heterocycles. The van der Waals surface area contributed by atoms with Crippen LogP contribution in [0.5, 0.6) is 0 Å². The minimum atomic E-state index is -3.90. The highest BCUT2D eigenvalue weighted by atomic mass is 32.2. The fourth-order valence-corrected chi connectivity index (χ4v) is 0.421. The second-order valence-corrected chi connectivity index (χ2v) is 6.07. The predicted octanol–water partition coefficient (Wildman–Crippen LogP) is 1.75. The molecule has 8 heteroatoms. The number of carbonyl (C=O) groups is 2. The van der Waals surface area contributed by atoms with Crippen LogP contribution in [-0.2, 0) is 19.7 Å². The van der Waals surface area contributed by atoms with E-state index < -0.39 is 16.1 Å². The van der Waals surface area contributed by atoms with E-state index in [9.17, 15) is 18.0 Å². The maximum absolute atomic E-state index is 10.6. The van der Waals surface area contributed by atoms with Gasteiger partial charge in [0, 0.05) is 11.1 Å². The molecule has 122 valence electrons. The van der Waals surface area contributed by atoms with Crippen molar-refractivity contribution in [2.45, 2.75) is 33.2 Å². The number of amides is 1. The summed E-state index contributed by atoms with van der Waals surface area (Å²) in [6, 6.07) is 0. The minimum Gasteiger partial charge on any atom is -0.478 e. The largest absolute Gasteiger partial charge is 0.478 e. The van der Waals surface area contributed by atoms with Crippen molar-refractivity contribution in [2.75, 3.05) is 0 Å². The van der Waals surface area contributed by atoms with Gasteiger partial charge in [0.05, 0.1) is 5.41 Å².